The van der Waals surface area contributed by atoms with Gasteiger partial charge in [-0.05, 0) is 50.1 Å². The van der Waals surface area contributed by atoms with Gasteiger partial charge in [-0.2, -0.15) is 0 Å². The molecule has 1 aromatic heterocycles. The SMILES string of the molecule is CCCCCN1C(=O)[C@@H](C(=O)OCC)[C@@H](c2cccc(OCC)c2)n2c1nc1ccccc12. The molecule has 2 aromatic carbocycles. The molecule has 7 nitrogen and oxygen atoms in total. The van der Waals surface area contributed by atoms with Crippen LogP contribution < -0.4 is 9.64 Å². The average molecular weight is 450 g/mol. The fraction of sp³-hybridized carbons (Fsp3) is 0.423. The molecule has 0 aliphatic carbocycles. The van der Waals surface area contributed by atoms with Crippen LogP contribution in [0.4, 0.5) is 5.95 Å². The van der Waals surface area contributed by atoms with Crippen molar-refractivity contribution in [2.45, 2.75) is 46.1 Å². The Balaban J connectivity index is 1.93. The highest BCUT2D eigenvalue weighted by atomic mass is 16.5. The maximum absolute atomic E-state index is 13.8. The minimum absolute atomic E-state index is 0.210. The quantitative estimate of drug-likeness (QED) is 0.268. The number of imidazole rings is 1. The molecule has 1 aliphatic heterocycles. The molecule has 0 saturated carbocycles. The van der Waals surface area contributed by atoms with E-state index in [0.717, 1.165) is 35.9 Å². The first-order valence-electron chi connectivity index (χ1n) is 11.8. The van der Waals surface area contributed by atoms with Crippen molar-refractivity contribution in [3.05, 3.63) is 54.1 Å². The zero-order valence-corrected chi connectivity index (χ0v) is 19.5. The summed E-state index contributed by atoms with van der Waals surface area (Å²) in [7, 11) is 0. The second-order valence-corrected chi connectivity index (χ2v) is 8.15. The van der Waals surface area contributed by atoms with Crippen LogP contribution in [0, 0.1) is 5.92 Å². The number of ether oxygens (including phenoxy) is 2. The first-order valence-corrected chi connectivity index (χ1v) is 11.8. The fourth-order valence-electron chi connectivity index (χ4n) is 4.54. The molecule has 0 unspecified atom stereocenters. The van der Waals surface area contributed by atoms with Gasteiger partial charge in [0.25, 0.3) is 0 Å². The standard InChI is InChI=1S/C26H31N3O4/c1-4-7-10-16-28-24(30)22(25(31)33-6-3)23(18-12-11-13-19(17-18)32-5-2)29-21-15-9-8-14-20(21)27-26(28)29/h8-9,11-15,17,22-23H,4-7,10,16H2,1-3H3/t22-,23+/m0/s1. The van der Waals surface area contributed by atoms with Gasteiger partial charge in [-0.3, -0.25) is 14.5 Å². The van der Waals surface area contributed by atoms with Crippen molar-refractivity contribution in [1.29, 1.82) is 0 Å². The highest BCUT2D eigenvalue weighted by Crippen LogP contribution is 2.42. The van der Waals surface area contributed by atoms with Crippen LogP contribution in [0.5, 0.6) is 5.75 Å². The molecule has 3 aromatic rings. The summed E-state index contributed by atoms with van der Waals surface area (Å²) in [6.07, 6.45) is 2.87. The molecular weight excluding hydrogens is 418 g/mol. The maximum atomic E-state index is 13.8. The minimum atomic E-state index is -1.01. The second-order valence-electron chi connectivity index (χ2n) is 8.15. The number of unbranched alkanes of at least 4 members (excludes halogenated alkanes) is 2. The molecule has 7 heteroatoms. The molecule has 0 radical (unpaired) electrons. The van der Waals surface area contributed by atoms with E-state index in [-0.39, 0.29) is 12.5 Å². The Bertz CT molecular complexity index is 1140. The van der Waals surface area contributed by atoms with E-state index in [1.54, 1.807) is 11.8 Å². The predicted molar refractivity (Wildman–Crippen MR) is 127 cm³/mol. The van der Waals surface area contributed by atoms with E-state index < -0.39 is 17.9 Å². The van der Waals surface area contributed by atoms with Crippen LogP contribution in [0.1, 0.15) is 51.6 Å². The molecule has 174 valence electrons. The van der Waals surface area contributed by atoms with Gasteiger partial charge < -0.3 is 14.0 Å². The van der Waals surface area contributed by atoms with Crippen molar-refractivity contribution in [1.82, 2.24) is 9.55 Å². The Kier molecular flexibility index (Phi) is 6.96. The largest absolute Gasteiger partial charge is 0.494 e. The van der Waals surface area contributed by atoms with Gasteiger partial charge in [0.2, 0.25) is 11.9 Å². The summed E-state index contributed by atoms with van der Waals surface area (Å²) in [5.74, 6) is -0.517. The van der Waals surface area contributed by atoms with Gasteiger partial charge in [0.05, 0.1) is 30.3 Å². The maximum Gasteiger partial charge on any atom is 0.321 e. The number of esters is 1. The van der Waals surface area contributed by atoms with E-state index >= 15 is 0 Å². The number of amides is 1. The third-order valence-electron chi connectivity index (χ3n) is 5.98. The lowest BCUT2D eigenvalue weighted by atomic mass is 9.89. The molecular formula is C26H31N3O4. The number of anilines is 1. The van der Waals surface area contributed by atoms with Gasteiger partial charge in [-0.25, -0.2) is 4.98 Å². The number of aromatic nitrogens is 2. The summed E-state index contributed by atoms with van der Waals surface area (Å²) >= 11 is 0. The van der Waals surface area contributed by atoms with Crippen LogP contribution in [0.3, 0.4) is 0 Å². The Morgan fingerprint density at radius 2 is 1.85 bits per heavy atom. The Morgan fingerprint density at radius 1 is 1.03 bits per heavy atom. The van der Waals surface area contributed by atoms with Crippen molar-refractivity contribution in [3.63, 3.8) is 0 Å². The summed E-state index contributed by atoms with van der Waals surface area (Å²) in [6.45, 7) is 7.05. The zero-order chi connectivity index (χ0) is 23.4. The lowest BCUT2D eigenvalue weighted by Crippen LogP contribution is -2.50. The van der Waals surface area contributed by atoms with Gasteiger partial charge >= 0.3 is 5.97 Å². The average Bonchev–Trinajstić information content (AvgIpc) is 3.19. The summed E-state index contributed by atoms with van der Waals surface area (Å²) < 4.78 is 13.1. The van der Waals surface area contributed by atoms with Gasteiger partial charge in [0.1, 0.15) is 5.75 Å². The number of para-hydroxylation sites is 2. The van der Waals surface area contributed by atoms with Gasteiger partial charge in [0.15, 0.2) is 5.92 Å². The highest BCUT2D eigenvalue weighted by Gasteiger charge is 2.47. The fourth-order valence-corrected chi connectivity index (χ4v) is 4.54. The Labute approximate surface area is 194 Å². The second kappa shape index (κ2) is 10.1. The van der Waals surface area contributed by atoms with E-state index in [2.05, 4.69) is 6.92 Å². The lowest BCUT2D eigenvalue weighted by molar-refractivity contribution is -0.153. The summed E-state index contributed by atoms with van der Waals surface area (Å²) in [6, 6.07) is 14.8. The first-order chi connectivity index (χ1) is 16.1. The van der Waals surface area contributed by atoms with Crippen molar-refractivity contribution >= 4 is 28.9 Å². The highest BCUT2D eigenvalue weighted by molar-refractivity contribution is 6.08. The molecule has 0 spiro atoms. The number of rotatable bonds is 9. The lowest BCUT2D eigenvalue weighted by Gasteiger charge is -2.38. The van der Waals surface area contributed by atoms with E-state index in [4.69, 9.17) is 14.5 Å². The first kappa shape index (κ1) is 22.8. The van der Waals surface area contributed by atoms with Gasteiger partial charge in [-0.15, -0.1) is 0 Å². The number of benzene rings is 2. The Morgan fingerprint density at radius 3 is 2.61 bits per heavy atom. The molecule has 0 N–H and O–H groups in total. The predicted octanol–water partition coefficient (Wildman–Crippen LogP) is 4.74. The normalized spacial score (nSPS) is 17.8. The summed E-state index contributed by atoms with van der Waals surface area (Å²) in [4.78, 5) is 33.5. The van der Waals surface area contributed by atoms with Gasteiger partial charge in [-0.1, -0.05) is 44.0 Å². The molecule has 2 atom stereocenters. The molecule has 0 fully saturated rings. The van der Waals surface area contributed by atoms with Crippen LogP contribution >= 0.6 is 0 Å². The molecule has 0 saturated heterocycles. The number of fused-ring (bicyclic) bond motifs is 3. The number of hydrogen-bond donors (Lipinski definition) is 0. The molecule has 1 amide bonds. The smallest absolute Gasteiger partial charge is 0.321 e. The van der Waals surface area contributed by atoms with Crippen LogP contribution in [0.15, 0.2) is 48.5 Å². The van der Waals surface area contributed by atoms with Crippen molar-refractivity contribution < 1.29 is 19.1 Å². The number of hydrogen-bond acceptors (Lipinski definition) is 5. The molecule has 33 heavy (non-hydrogen) atoms. The molecule has 1 aliphatic rings. The minimum Gasteiger partial charge on any atom is -0.494 e. The van der Waals surface area contributed by atoms with E-state index in [1.165, 1.54) is 0 Å². The third kappa shape index (κ3) is 4.32. The topological polar surface area (TPSA) is 73.7 Å². The van der Waals surface area contributed by atoms with Crippen LogP contribution in [0.2, 0.25) is 0 Å². The monoisotopic (exact) mass is 449 g/mol. The molecule has 0 bridgehead atoms. The number of nitrogens with zero attached hydrogens (tertiary/aromatic N) is 3. The third-order valence-corrected chi connectivity index (χ3v) is 5.98. The zero-order valence-electron chi connectivity index (χ0n) is 19.5. The van der Waals surface area contributed by atoms with E-state index in [0.29, 0.717) is 24.8 Å². The number of carbonyl (C=O) groups excluding carboxylic acids is 2. The van der Waals surface area contributed by atoms with Crippen molar-refractivity contribution in [3.8, 4) is 5.75 Å². The van der Waals surface area contributed by atoms with Crippen LogP contribution in [-0.4, -0.2) is 41.2 Å². The summed E-state index contributed by atoms with van der Waals surface area (Å²) in [5.41, 5.74) is 2.47. The molecule has 4 rings (SSSR count). The van der Waals surface area contributed by atoms with E-state index in [9.17, 15) is 9.59 Å². The summed E-state index contributed by atoms with van der Waals surface area (Å²) in [5, 5.41) is 0. The molecule has 2 heterocycles. The van der Waals surface area contributed by atoms with Gasteiger partial charge in [0, 0.05) is 6.54 Å². The van der Waals surface area contributed by atoms with Crippen LogP contribution in [0.25, 0.3) is 11.0 Å². The van der Waals surface area contributed by atoms with Crippen molar-refractivity contribution in [2.24, 2.45) is 5.92 Å². The van der Waals surface area contributed by atoms with E-state index in [1.807, 2.05) is 60.0 Å². The van der Waals surface area contributed by atoms with Crippen LogP contribution in [-0.2, 0) is 14.3 Å². The van der Waals surface area contributed by atoms with Crippen molar-refractivity contribution in [2.75, 3.05) is 24.7 Å². The Hall–Kier alpha value is -3.35. The number of carbonyl (C=O) groups is 2.